The minimum Gasteiger partial charge on any atom is -0.295 e. The lowest BCUT2D eigenvalue weighted by atomic mass is 9.81. The van der Waals surface area contributed by atoms with Gasteiger partial charge in [-0.15, -0.1) is 0 Å². The zero-order valence-corrected chi connectivity index (χ0v) is 9.87. The number of carbonyl (C=O) groups excluding carboxylic acids is 1. The lowest BCUT2D eigenvalue weighted by Crippen LogP contribution is -2.09. The molecule has 1 nitrogen and oxygen atoms in total. The van der Waals surface area contributed by atoms with E-state index in [2.05, 4.69) is 20.8 Å². The van der Waals surface area contributed by atoms with Crippen molar-refractivity contribution in [3.8, 4) is 0 Å². The molecule has 1 rings (SSSR count). The van der Waals surface area contributed by atoms with Crippen LogP contribution in [0.5, 0.6) is 0 Å². The number of carbonyl (C=O) groups is 1. The van der Waals surface area contributed by atoms with Gasteiger partial charge in [-0.2, -0.15) is 0 Å². The number of ketones is 1. The highest BCUT2D eigenvalue weighted by atomic mass is 16.1. The molecule has 0 radical (unpaired) electrons. The molecular weight excluding hydrogens is 184 g/mol. The first-order valence-corrected chi connectivity index (χ1v) is 5.19. The molecule has 0 aromatic heterocycles. The molecule has 1 heteroatoms. The molecule has 0 atom stereocenters. The molecule has 0 aliphatic heterocycles. The van der Waals surface area contributed by atoms with Gasteiger partial charge in [0.2, 0.25) is 0 Å². The van der Waals surface area contributed by atoms with E-state index in [4.69, 9.17) is 0 Å². The lowest BCUT2D eigenvalue weighted by molar-refractivity contribution is -0.112. The fourth-order valence-electron chi connectivity index (χ4n) is 1.55. The van der Waals surface area contributed by atoms with Crippen LogP contribution in [0.3, 0.4) is 0 Å². The van der Waals surface area contributed by atoms with Crippen molar-refractivity contribution in [1.82, 2.24) is 0 Å². The number of hydrogen-bond donors (Lipinski definition) is 0. The molecule has 0 saturated carbocycles. The van der Waals surface area contributed by atoms with Crippen molar-refractivity contribution in [1.29, 1.82) is 0 Å². The molecule has 0 saturated heterocycles. The highest BCUT2D eigenvalue weighted by Gasteiger charge is 2.18. The van der Waals surface area contributed by atoms with Crippen molar-refractivity contribution in [2.45, 2.75) is 27.7 Å². The smallest absolute Gasteiger partial charge is 0.152 e. The summed E-state index contributed by atoms with van der Waals surface area (Å²) in [4.78, 5) is 11.2. The van der Waals surface area contributed by atoms with E-state index in [1.54, 1.807) is 13.0 Å². The highest BCUT2D eigenvalue weighted by Crippen LogP contribution is 2.33. The Morgan fingerprint density at radius 3 is 2.07 bits per heavy atom. The van der Waals surface area contributed by atoms with Crippen molar-refractivity contribution < 1.29 is 4.79 Å². The van der Waals surface area contributed by atoms with Gasteiger partial charge in [-0.1, -0.05) is 51.1 Å². The van der Waals surface area contributed by atoms with E-state index >= 15 is 0 Å². The van der Waals surface area contributed by atoms with Gasteiger partial charge in [0, 0.05) is 0 Å². The quantitative estimate of drug-likeness (QED) is 0.668. The normalized spacial score (nSPS) is 12.7. The Kier molecular flexibility index (Phi) is 3.46. The summed E-state index contributed by atoms with van der Waals surface area (Å²) in [5.41, 5.74) is 2.21. The van der Waals surface area contributed by atoms with Gasteiger partial charge in [-0.3, -0.25) is 4.79 Å². The molecule has 0 heterocycles. The van der Waals surface area contributed by atoms with Crippen molar-refractivity contribution in [3.05, 3.63) is 42.0 Å². The first kappa shape index (κ1) is 11.7. The van der Waals surface area contributed by atoms with Gasteiger partial charge in [0.25, 0.3) is 0 Å². The summed E-state index contributed by atoms with van der Waals surface area (Å²) >= 11 is 0. The minimum atomic E-state index is -0.00692. The van der Waals surface area contributed by atoms with Gasteiger partial charge in [0.15, 0.2) is 5.78 Å². The topological polar surface area (TPSA) is 17.1 Å². The van der Waals surface area contributed by atoms with Crippen LogP contribution in [0.15, 0.2) is 36.4 Å². The largest absolute Gasteiger partial charge is 0.295 e. The third-order valence-corrected chi connectivity index (χ3v) is 2.24. The summed E-state index contributed by atoms with van der Waals surface area (Å²) in [5, 5.41) is 0. The fraction of sp³-hybridized carbons (Fsp3) is 0.357. The molecule has 0 N–H and O–H groups in total. The Hall–Kier alpha value is -1.37. The van der Waals surface area contributed by atoms with Crippen LogP contribution >= 0.6 is 0 Å². The second-order valence-corrected chi connectivity index (χ2v) is 4.78. The molecule has 0 fully saturated rings. The Morgan fingerprint density at radius 2 is 1.67 bits per heavy atom. The van der Waals surface area contributed by atoms with Crippen LogP contribution in [-0.4, -0.2) is 5.78 Å². The monoisotopic (exact) mass is 202 g/mol. The summed E-state index contributed by atoms with van der Waals surface area (Å²) in [5.74, 6) is 0.101. The molecule has 0 bridgehead atoms. The number of rotatable bonds is 2. The van der Waals surface area contributed by atoms with Gasteiger partial charge in [0.05, 0.1) is 0 Å². The van der Waals surface area contributed by atoms with Crippen molar-refractivity contribution >= 4 is 11.4 Å². The van der Waals surface area contributed by atoms with Crippen molar-refractivity contribution in [3.63, 3.8) is 0 Å². The van der Waals surface area contributed by atoms with E-state index in [1.807, 2.05) is 30.3 Å². The SMILES string of the molecule is CC(=O)/C=C(/c1ccccc1)C(C)(C)C. The van der Waals surface area contributed by atoms with Crippen LogP contribution in [-0.2, 0) is 4.79 Å². The summed E-state index contributed by atoms with van der Waals surface area (Å²) in [6.07, 6.45) is 1.73. The van der Waals surface area contributed by atoms with E-state index in [0.717, 1.165) is 11.1 Å². The van der Waals surface area contributed by atoms with Crippen LogP contribution in [0, 0.1) is 5.41 Å². The predicted molar refractivity (Wildman–Crippen MR) is 64.6 cm³/mol. The van der Waals surface area contributed by atoms with Crippen LogP contribution in [0.1, 0.15) is 33.3 Å². The standard InChI is InChI=1S/C14H18O/c1-11(15)10-13(14(2,3)4)12-8-6-5-7-9-12/h5-10H,1-4H3/b13-10-. The number of allylic oxidation sites excluding steroid dienone is 2. The van der Waals surface area contributed by atoms with Crippen LogP contribution in [0.2, 0.25) is 0 Å². The van der Waals surface area contributed by atoms with E-state index in [0.29, 0.717) is 0 Å². The maximum atomic E-state index is 11.2. The van der Waals surface area contributed by atoms with Gasteiger partial charge >= 0.3 is 0 Å². The minimum absolute atomic E-state index is 0.00692. The van der Waals surface area contributed by atoms with Crippen LogP contribution in [0.4, 0.5) is 0 Å². The summed E-state index contributed by atoms with van der Waals surface area (Å²) < 4.78 is 0. The third-order valence-electron chi connectivity index (χ3n) is 2.24. The summed E-state index contributed by atoms with van der Waals surface area (Å²) in [6.45, 7) is 7.95. The predicted octanol–water partition coefficient (Wildman–Crippen LogP) is 3.71. The molecular formula is C14H18O. The number of hydrogen-bond acceptors (Lipinski definition) is 1. The average molecular weight is 202 g/mol. The van der Waals surface area contributed by atoms with Crippen LogP contribution < -0.4 is 0 Å². The second kappa shape index (κ2) is 4.43. The van der Waals surface area contributed by atoms with Crippen LogP contribution in [0.25, 0.3) is 5.57 Å². The molecule has 0 amide bonds. The van der Waals surface area contributed by atoms with E-state index in [1.165, 1.54) is 0 Å². The Labute approximate surface area is 91.8 Å². The van der Waals surface area contributed by atoms with E-state index < -0.39 is 0 Å². The van der Waals surface area contributed by atoms with Crippen molar-refractivity contribution in [2.24, 2.45) is 5.41 Å². The maximum Gasteiger partial charge on any atom is 0.152 e. The molecule has 80 valence electrons. The first-order chi connectivity index (χ1) is 6.91. The molecule has 0 unspecified atom stereocenters. The molecule has 1 aromatic carbocycles. The summed E-state index contributed by atoms with van der Waals surface area (Å²) in [7, 11) is 0. The molecule has 0 aliphatic carbocycles. The third kappa shape index (κ3) is 3.35. The van der Waals surface area contributed by atoms with Gasteiger partial charge < -0.3 is 0 Å². The number of benzene rings is 1. The molecule has 15 heavy (non-hydrogen) atoms. The zero-order valence-electron chi connectivity index (χ0n) is 9.87. The van der Waals surface area contributed by atoms with E-state index in [9.17, 15) is 4.79 Å². The maximum absolute atomic E-state index is 11.2. The Balaban J connectivity index is 3.20. The zero-order chi connectivity index (χ0) is 11.5. The first-order valence-electron chi connectivity index (χ1n) is 5.19. The van der Waals surface area contributed by atoms with Crippen molar-refractivity contribution in [2.75, 3.05) is 0 Å². The summed E-state index contributed by atoms with van der Waals surface area (Å²) in [6, 6.07) is 10.1. The van der Waals surface area contributed by atoms with E-state index in [-0.39, 0.29) is 11.2 Å². The lowest BCUT2D eigenvalue weighted by Gasteiger charge is -2.23. The second-order valence-electron chi connectivity index (χ2n) is 4.78. The highest BCUT2D eigenvalue weighted by molar-refractivity contribution is 5.96. The Morgan fingerprint density at radius 1 is 1.13 bits per heavy atom. The molecule has 1 aromatic rings. The molecule has 0 spiro atoms. The van der Waals surface area contributed by atoms with Gasteiger partial charge in [0.1, 0.15) is 0 Å². The average Bonchev–Trinajstić information content (AvgIpc) is 2.14. The van der Waals surface area contributed by atoms with Gasteiger partial charge in [-0.05, 0) is 29.6 Å². The Bertz CT molecular complexity index is 366. The molecule has 0 aliphatic rings. The van der Waals surface area contributed by atoms with Gasteiger partial charge in [-0.25, -0.2) is 0 Å². The fourth-order valence-corrected chi connectivity index (χ4v) is 1.55.